The fourth-order valence-corrected chi connectivity index (χ4v) is 1.73. The van der Waals surface area contributed by atoms with Crippen LogP contribution in [0.25, 0.3) is 0 Å². The SMILES string of the molecule is [NH3+]CC[NH2+][C@@H](CC(=O)Nc1ccccc1Cl)C(=O)[O-]. The highest BCUT2D eigenvalue weighted by Crippen LogP contribution is 2.20. The fraction of sp³-hybridized carbons (Fsp3) is 0.333. The van der Waals surface area contributed by atoms with Crippen molar-refractivity contribution in [2.24, 2.45) is 0 Å². The van der Waals surface area contributed by atoms with Gasteiger partial charge in [0.05, 0.1) is 23.1 Å². The number of aliphatic carboxylic acids is 1. The number of anilines is 1. The highest BCUT2D eigenvalue weighted by atomic mass is 35.5. The van der Waals surface area contributed by atoms with Crippen molar-refractivity contribution < 1.29 is 25.7 Å². The van der Waals surface area contributed by atoms with E-state index >= 15 is 0 Å². The van der Waals surface area contributed by atoms with Gasteiger partial charge in [0.15, 0.2) is 0 Å². The number of quaternary nitrogens is 2. The monoisotopic (exact) mass is 286 g/mol. The van der Waals surface area contributed by atoms with Gasteiger partial charge in [0.25, 0.3) is 0 Å². The first-order chi connectivity index (χ1) is 9.04. The molecule has 0 saturated carbocycles. The normalized spacial score (nSPS) is 11.9. The summed E-state index contributed by atoms with van der Waals surface area (Å²) in [5, 5.41) is 15.4. The van der Waals surface area contributed by atoms with E-state index in [1.807, 2.05) is 0 Å². The molecule has 0 aliphatic rings. The lowest BCUT2D eigenvalue weighted by Crippen LogP contribution is -2.95. The number of nitrogens with one attached hydrogen (secondary N) is 1. The van der Waals surface area contributed by atoms with E-state index < -0.39 is 17.9 Å². The van der Waals surface area contributed by atoms with Crippen molar-refractivity contribution in [3.05, 3.63) is 29.3 Å². The number of halogens is 1. The van der Waals surface area contributed by atoms with E-state index in [2.05, 4.69) is 11.1 Å². The molecule has 0 saturated heterocycles. The van der Waals surface area contributed by atoms with E-state index in [1.165, 1.54) is 5.32 Å². The van der Waals surface area contributed by atoms with E-state index in [9.17, 15) is 14.7 Å². The maximum absolute atomic E-state index is 11.7. The van der Waals surface area contributed by atoms with Crippen LogP contribution in [0, 0.1) is 0 Å². The Morgan fingerprint density at radius 3 is 2.68 bits per heavy atom. The molecule has 1 amide bonds. The van der Waals surface area contributed by atoms with Gasteiger partial charge < -0.3 is 26.3 Å². The molecule has 19 heavy (non-hydrogen) atoms. The molecule has 0 radical (unpaired) electrons. The van der Waals surface area contributed by atoms with Gasteiger partial charge in [-0.2, -0.15) is 0 Å². The topological polar surface area (TPSA) is 113 Å². The van der Waals surface area contributed by atoms with Gasteiger partial charge >= 0.3 is 0 Å². The standard InChI is InChI=1S/C12H16ClN3O3/c13-8-3-1-2-4-9(8)16-11(17)7-10(12(18)19)15-6-5-14/h1-4,10,15H,5-7,14H2,(H,16,17)(H,18,19)/p+1/t10-/m0/s1. The molecule has 0 aliphatic carbocycles. The molecule has 104 valence electrons. The Hall–Kier alpha value is -1.63. The van der Waals surface area contributed by atoms with Gasteiger partial charge in [-0.1, -0.05) is 23.7 Å². The number of carboxylic acids is 1. The summed E-state index contributed by atoms with van der Waals surface area (Å²) >= 11 is 5.89. The molecular formula is C12H17ClN3O3+. The summed E-state index contributed by atoms with van der Waals surface area (Å²) < 4.78 is 0. The number of nitrogens with two attached hydrogens (primary N) is 1. The van der Waals surface area contributed by atoms with Crippen molar-refractivity contribution >= 4 is 29.2 Å². The van der Waals surface area contributed by atoms with Crippen LogP contribution >= 0.6 is 11.6 Å². The number of hydrogen-bond acceptors (Lipinski definition) is 3. The Kier molecular flexibility index (Phi) is 6.27. The summed E-state index contributed by atoms with van der Waals surface area (Å²) in [4.78, 5) is 22.6. The van der Waals surface area contributed by atoms with Crippen molar-refractivity contribution in [2.45, 2.75) is 12.5 Å². The minimum atomic E-state index is -1.26. The second-order valence-corrected chi connectivity index (χ2v) is 4.44. The second-order valence-electron chi connectivity index (χ2n) is 4.04. The van der Waals surface area contributed by atoms with Gasteiger partial charge in [-0.25, -0.2) is 0 Å². The van der Waals surface area contributed by atoms with Crippen LogP contribution in [0.15, 0.2) is 24.3 Å². The predicted octanol–water partition coefficient (Wildman–Crippen LogP) is -2.41. The van der Waals surface area contributed by atoms with Gasteiger partial charge in [0.2, 0.25) is 5.91 Å². The molecule has 6 N–H and O–H groups in total. The third kappa shape index (κ3) is 5.25. The fourth-order valence-electron chi connectivity index (χ4n) is 1.55. The summed E-state index contributed by atoms with van der Waals surface area (Å²) in [5.41, 5.74) is 4.07. The minimum Gasteiger partial charge on any atom is -0.544 e. The molecule has 7 heteroatoms. The Balaban J connectivity index is 2.58. The molecule has 0 spiro atoms. The molecule has 1 atom stereocenters. The van der Waals surface area contributed by atoms with Crippen molar-refractivity contribution in [1.29, 1.82) is 0 Å². The number of para-hydroxylation sites is 1. The Morgan fingerprint density at radius 1 is 1.42 bits per heavy atom. The molecule has 0 aromatic heterocycles. The lowest BCUT2D eigenvalue weighted by atomic mass is 10.2. The van der Waals surface area contributed by atoms with Crippen molar-refractivity contribution in [2.75, 3.05) is 18.4 Å². The zero-order chi connectivity index (χ0) is 14.3. The van der Waals surface area contributed by atoms with Crippen LogP contribution in [-0.2, 0) is 9.59 Å². The number of amides is 1. The zero-order valence-electron chi connectivity index (χ0n) is 10.4. The van der Waals surface area contributed by atoms with E-state index in [-0.39, 0.29) is 6.42 Å². The highest BCUT2D eigenvalue weighted by molar-refractivity contribution is 6.33. The van der Waals surface area contributed by atoms with Crippen molar-refractivity contribution in [1.82, 2.24) is 0 Å². The number of benzene rings is 1. The van der Waals surface area contributed by atoms with Gasteiger partial charge in [-0.15, -0.1) is 0 Å². The molecule has 0 fully saturated rings. The molecule has 0 bridgehead atoms. The van der Waals surface area contributed by atoms with E-state index in [0.29, 0.717) is 23.8 Å². The van der Waals surface area contributed by atoms with Crippen molar-refractivity contribution in [3.8, 4) is 0 Å². The lowest BCUT2D eigenvalue weighted by molar-refractivity contribution is -0.695. The van der Waals surface area contributed by atoms with Gasteiger partial charge in [-0.3, -0.25) is 4.79 Å². The van der Waals surface area contributed by atoms with Crippen LogP contribution in [0.1, 0.15) is 6.42 Å². The van der Waals surface area contributed by atoms with Crippen LogP contribution in [0.2, 0.25) is 5.02 Å². The smallest absolute Gasteiger partial charge is 0.230 e. The van der Waals surface area contributed by atoms with E-state index in [1.54, 1.807) is 24.3 Å². The first kappa shape index (κ1) is 15.4. The molecule has 1 aromatic rings. The number of carbonyl (C=O) groups is 2. The minimum absolute atomic E-state index is 0.173. The van der Waals surface area contributed by atoms with Crippen LogP contribution < -0.4 is 21.5 Å². The highest BCUT2D eigenvalue weighted by Gasteiger charge is 2.18. The Labute approximate surface area is 115 Å². The lowest BCUT2D eigenvalue weighted by Gasteiger charge is -2.15. The van der Waals surface area contributed by atoms with Crippen LogP contribution in [0.4, 0.5) is 5.69 Å². The third-order valence-corrected chi connectivity index (χ3v) is 2.84. The summed E-state index contributed by atoms with van der Waals surface area (Å²) in [6.45, 7) is 1.11. The second kappa shape index (κ2) is 7.73. The number of rotatable bonds is 7. The number of carboxylic acid groups (broad SMARTS) is 1. The molecule has 1 rings (SSSR count). The zero-order valence-corrected chi connectivity index (χ0v) is 11.2. The first-order valence-electron chi connectivity index (χ1n) is 5.92. The number of carbonyl (C=O) groups excluding carboxylic acids is 2. The molecule has 0 unspecified atom stereocenters. The average molecular weight is 287 g/mol. The number of hydrogen-bond donors (Lipinski definition) is 3. The van der Waals surface area contributed by atoms with Gasteiger partial charge in [0.1, 0.15) is 19.1 Å². The quantitative estimate of drug-likeness (QED) is 0.519. The van der Waals surface area contributed by atoms with Gasteiger partial charge in [0, 0.05) is 0 Å². The summed E-state index contributed by atoms with van der Waals surface area (Å²) in [6, 6.07) is 5.84. The predicted molar refractivity (Wildman–Crippen MR) is 68.0 cm³/mol. The third-order valence-electron chi connectivity index (χ3n) is 2.51. The summed E-state index contributed by atoms with van der Waals surface area (Å²) in [5.74, 6) is -1.68. The van der Waals surface area contributed by atoms with E-state index in [4.69, 9.17) is 11.6 Å². The summed E-state index contributed by atoms with van der Waals surface area (Å²) in [7, 11) is 0. The Bertz CT molecular complexity index is 454. The summed E-state index contributed by atoms with van der Waals surface area (Å²) in [6.07, 6.45) is -0.173. The Morgan fingerprint density at radius 2 is 2.11 bits per heavy atom. The average Bonchev–Trinajstić information content (AvgIpc) is 2.37. The molecule has 1 aromatic carbocycles. The maximum atomic E-state index is 11.7. The van der Waals surface area contributed by atoms with Crippen LogP contribution in [0.5, 0.6) is 0 Å². The van der Waals surface area contributed by atoms with E-state index in [0.717, 1.165) is 0 Å². The van der Waals surface area contributed by atoms with Gasteiger partial charge in [-0.05, 0) is 12.1 Å². The molecular weight excluding hydrogens is 270 g/mol. The molecule has 0 aliphatic heterocycles. The maximum Gasteiger partial charge on any atom is 0.230 e. The van der Waals surface area contributed by atoms with Crippen molar-refractivity contribution in [3.63, 3.8) is 0 Å². The molecule has 0 heterocycles. The largest absolute Gasteiger partial charge is 0.544 e. The van der Waals surface area contributed by atoms with Crippen LogP contribution in [-0.4, -0.2) is 31.0 Å². The first-order valence-corrected chi connectivity index (χ1v) is 6.30. The molecule has 6 nitrogen and oxygen atoms in total. The van der Waals surface area contributed by atoms with Crippen LogP contribution in [0.3, 0.4) is 0 Å².